The summed E-state index contributed by atoms with van der Waals surface area (Å²) in [7, 11) is 0. The topological polar surface area (TPSA) is 56.7 Å². The molecule has 1 aromatic carbocycles. The van der Waals surface area contributed by atoms with E-state index in [9.17, 15) is 0 Å². The summed E-state index contributed by atoms with van der Waals surface area (Å²) in [6, 6.07) is 9.79. The Morgan fingerprint density at radius 1 is 1.21 bits per heavy atom. The van der Waals surface area contributed by atoms with Crippen LogP contribution >= 0.6 is 0 Å². The zero-order valence-electron chi connectivity index (χ0n) is 10.7. The van der Waals surface area contributed by atoms with E-state index in [2.05, 4.69) is 22.0 Å². The minimum atomic E-state index is 0.559. The van der Waals surface area contributed by atoms with Crippen molar-refractivity contribution in [2.75, 3.05) is 0 Å². The molecule has 3 aromatic rings. The fourth-order valence-electron chi connectivity index (χ4n) is 1.97. The van der Waals surface area contributed by atoms with Crippen molar-refractivity contribution in [3.05, 3.63) is 54.4 Å². The van der Waals surface area contributed by atoms with Gasteiger partial charge in [0.15, 0.2) is 0 Å². The highest BCUT2D eigenvalue weighted by Crippen LogP contribution is 2.15. The lowest BCUT2D eigenvalue weighted by molar-refractivity contribution is 0.370. The van der Waals surface area contributed by atoms with E-state index in [1.165, 1.54) is 0 Å². The summed E-state index contributed by atoms with van der Waals surface area (Å²) in [6.07, 6.45) is 4.59. The molecule has 0 spiro atoms. The van der Waals surface area contributed by atoms with Crippen LogP contribution in [0, 0.1) is 0 Å². The van der Waals surface area contributed by atoms with E-state index in [1.54, 1.807) is 6.20 Å². The average molecular weight is 254 g/mol. The van der Waals surface area contributed by atoms with Gasteiger partial charge in [0.2, 0.25) is 11.7 Å². The zero-order valence-corrected chi connectivity index (χ0v) is 10.7. The molecule has 0 bridgehead atoms. The standard InChI is InChI=1S/C14H14N4O/c1-2-12-15-8-9-18(12)10-13-16-14(17-19-13)11-6-4-3-5-7-11/h3-9H,2,10H2,1H3. The van der Waals surface area contributed by atoms with Crippen LogP contribution in [0.5, 0.6) is 0 Å². The molecule has 0 amide bonds. The maximum atomic E-state index is 5.28. The summed E-state index contributed by atoms with van der Waals surface area (Å²) < 4.78 is 7.30. The molecule has 0 aliphatic rings. The molecule has 0 aliphatic carbocycles. The van der Waals surface area contributed by atoms with Crippen molar-refractivity contribution >= 4 is 0 Å². The minimum Gasteiger partial charge on any atom is -0.337 e. The molecule has 0 saturated carbocycles. The summed E-state index contributed by atoms with van der Waals surface area (Å²) >= 11 is 0. The summed E-state index contributed by atoms with van der Waals surface area (Å²) in [4.78, 5) is 8.67. The van der Waals surface area contributed by atoms with Crippen LogP contribution in [-0.4, -0.2) is 19.7 Å². The van der Waals surface area contributed by atoms with E-state index >= 15 is 0 Å². The summed E-state index contributed by atoms with van der Waals surface area (Å²) in [5, 5.41) is 4.00. The molecule has 2 heterocycles. The molecule has 5 heteroatoms. The second kappa shape index (κ2) is 5.06. The normalized spacial score (nSPS) is 10.8. The first-order chi connectivity index (χ1) is 9.36. The second-order valence-corrected chi connectivity index (χ2v) is 4.20. The molecular weight excluding hydrogens is 240 g/mol. The summed E-state index contributed by atoms with van der Waals surface area (Å²) in [6.45, 7) is 2.63. The van der Waals surface area contributed by atoms with Gasteiger partial charge in [-0.1, -0.05) is 42.4 Å². The van der Waals surface area contributed by atoms with Crippen molar-refractivity contribution in [1.82, 2.24) is 19.7 Å². The first-order valence-electron chi connectivity index (χ1n) is 6.25. The SMILES string of the molecule is CCc1nccn1Cc1nc(-c2ccccc2)no1. The largest absolute Gasteiger partial charge is 0.337 e. The molecule has 0 radical (unpaired) electrons. The predicted octanol–water partition coefficient (Wildman–Crippen LogP) is 2.54. The van der Waals surface area contributed by atoms with Crippen LogP contribution in [0.4, 0.5) is 0 Å². The molecule has 0 unspecified atom stereocenters. The Bertz CT molecular complexity index is 657. The molecule has 2 aromatic heterocycles. The molecule has 0 saturated heterocycles. The molecule has 0 atom stereocenters. The van der Waals surface area contributed by atoms with Gasteiger partial charge >= 0.3 is 0 Å². The minimum absolute atomic E-state index is 0.559. The first-order valence-corrected chi connectivity index (χ1v) is 6.25. The van der Waals surface area contributed by atoms with Gasteiger partial charge in [0, 0.05) is 24.4 Å². The Balaban J connectivity index is 1.82. The Labute approximate surface area is 110 Å². The highest BCUT2D eigenvalue weighted by Gasteiger charge is 2.10. The first kappa shape index (κ1) is 11.6. The van der Waals surface area contributed by atoms with Crippen LogP contribution in [0.1, 0.15) is 18.6 Å². The molecule has 0 N–H and O–H groups in total. The average Bonchev–Trinajstić information content (AvgIpc) is 3.09. The van der Waals surface area contributed by atoms with Crippen molar-refractivity contribution in [1.29, 1.82) is 0 Å². The Kier molecular flexibility index (Phi) is 3.10. The van der Waals surface area contributed by atoms with Gasteiger partial charge in [0.25, 0.3) is 0 Å². The third kappa shape index (κ3) is 2.40. The number of imidazole rings is 1. The monoisotopic (exact) mass is 254 g/mol. The highest BCUT2D eigenvalue weighted by molar-refractivity contribution is 5.53. The van der Waals surface area contributed by atoms with E-state index in [0.717, 1.165) is 17.8 Å². The van der Waals surface area contributed by atoms with E-state index in [1.807, 2.05) is 41.1 Å². The zero-order chi connectivity index (χ0) is 13.1. The molecule has 3 rings (SSSR count). The summed E-state index contributed by atoms with van der Waals surface area (Å²) in [5.74, 6) is 2.22. The number of hydrogen-bond donors (Lipinski definition) is 0. The molecule has 0 aliphatic heterocycles. The number of nitrogens with zero attached hydrogens (tertiary/aromatic N) is 4. The smallest absolute Gasteiger partial charge is 0.246 e. The number of rotatable bonds is 4. The maximum absolute atomic E-state index is 5.28. The molecule has 19 heavy (non-hydrogen) atoms. The van der Waals surface area contributed by atoms with Crippen LogP contribution in [0.2, 0.25) is 0 Å². The highest BCUT2D eigenvalue weighted by atomic mass is 16.5. The Hall–Kier alpha value is -2.43. The second-order valence-electron chi connectivity index (χ2n) is 4.20. The van der Waals surface area contributed by atoms with E-state index < -0.39 is 0 Å². The Morgan fingerprint density at radius 2 is 2.05 bits per heavy atom. The van der Waals surface area contributed by atoms with E-state index in [-0.39, 0.29) is 0 Å². The van der Waals surface area contributed by atoms with Crippen molar-refractivity contribution in [2.24, 2.45) is 0 Å². The fourth-order valence-corrected chi connectivity index (χ4v) is 1.97. The van der Waals surface area contributed by atoms with Crippen LogP contribution in [0.25, 0.3) is 11.4 Å². The lowest BCUT2D eigenvalue weighted by Gasteiger charge is -2.01. The maximum Gasteiger partial charge on any atom is 0.246 e. The number of aryl methyl sites for hydroxylation is 1. The van der Waals surface area contributed by atoms with E-state index in [0.29, 0.717) is 18.3 Å². The third-order valence-corrected chi connectivity index (χ3v) is 2.92. The van der Waals surface area contributed by atoms with Crippen molar-refractivity contribution in [3.8, 4) is 11.4 Å². The van der Waals surface area contributed by atoms with Gasteiger partial charge in [-0.05, 0) is 0 Å². The predicted molar refractivity (Wildman–Crippen MR) is 70.4 cm³/mol. The van der Waals surface area contributed by atoms with Gasteiger partial charge in [-0.15, -0.1) is 0 Å². The number of benzene rings is 1. The molecule has 5 nitrogen and oxygen atoms in total. The van der Waals surface area contributed by atoms with Gasteiger partial charge in [-0.3, -0.25) is 0 Å². The quantitative estimate of drug-likeness (QED) is 0.718. The van der Waals surface area contributed by atoms with Crippen LogP contribution in [0.15, 0.2) is 47.2 Å². The molecule has 0 fully saturated rings. The van der Waals surface area contributed by atoms with Gasteiger partial charge < -0.3 is 9.09 Å². The van der Waals surface area contributed by atoms with Crippen molar-refractivity contribution in [2.45, 2.75) is 19.9 Å². The fraction of sp³-hybridized carbons (Fsp3) is 0.214. The number of hydrogen-bond acceptors (Lipinski definition) is 4. The molecule has 96 valence electrons. The van der Waals surface area contributed by atoms with Crippen molar-refractivity contribution in [3.63, 3.8) is 0 Å². The number of aromatic nitrogens is 4. The van der Waals surface area contributed by atoms with Gasteiger partial charge in [0.05, 0.1) is 0 Å². The lowest BCUT2D eigenvalue weighted by Crippen LogP contribution is -2.03. The lowest BCUT2D eigenvalue weighted by atomic mass is 10.2. The van der Waals surface area contributed by atoms with Gasteiger partial charge in [-0.25, -0.2) is 4.98 Å². The van der Waals surface area contributed by atoms with Gasteiger partial charge in [0.1, 0.15) is 12.4 Å². The van der Waals surface area contributed by atoms with Crippen molar-refractivity contribution < 1.29 is 4.52 Å². The third-order valence-electron chi connectivity index (χ3n) is 2.92. The van der Waals surface area contributed by atoms with E-state index in [4.69, 9.17) is 4.52 Å². The van der Waals surface area contributed by atoms with Crippen LogP contribution in [0.3, 0.4) is 0 Å². The Morgan fingerprint density at radius 3 is 2.84 bits per heavy atom. The molecular formula is C14H14N4O. The van der Waals surface area contributed by atoms with Crippen LogP contribution in [-0.2, 0) is 13.0 Å². The van der Waals surface area contributed by atoms with Gasteiger partial charge in [-0.2, -0.15) is 4.98 Å². The van der Waals surface area contributed by atoms with Crippen LogP contribution < -0.4 is 0 Å². The summed E-state index contributed by atoms with van der Waals surface area (Å²) in [5.41, 5.74) is 0.957.